The second kappa shape index (κ2) is 20.6. The lowest BCUT2D eigenvalue weighted by atomic mass is 10.0. The molecular weight excluding hydrogens is 404 g/mol. The first kappa shape index (κ1) is 29.7. The number of carbonyl (C=O) groups excluding carboxylic acids is 2. The Morgan fingerprint density at radius 3 is 2.00 bits per heavy atom. The second-order valence-corrected chi connectivity index (χ2v) is 7.95. The molecule has 0 heterocycles. The zero-order valence-electron chi connectivity index (χ0n) is 19.4. The van der Waals surface area contributed by atoms with Crippen LogP contribution in [0, 0.1) is 5.92 Å². The number of aliphatic hydroxyl groups excluding tert-OH is 1. The van der Waals surface area contributed by atoms with Gasteiger partial charge in [-0.25, -0.2) is 0 Å². The number of nitrogens with one attached hydrogen (secondary N) is 2. The quantitative estimate of drug-likeness (QED) is 0.102. The average Bonchev–Trinajstić information content (AvgIpc) is 2.73. The van der Waals surface area contributed by atoms with Crippen molar-refractivity contribution in [1.29, 1.82) is 0 Å². The van der Waals surface area contributed by atoms with E-state index in [4.69, 9.17) is 15.3 Å². The number of hydroxylamine groups is 4. The van der Waals surface area contributed by atoms with E-state index in [2.05, 4.69) is 24.5 Å². The van der Waals surface area contributed by atoms with E-state index in [1.165, 1.54) is 50.0 Å². The SMILES string of the molecule is CCCCCCCCCC(C)CON(CO)CCNC(=O)CCC(=O)NCCN(O)O. The predicted octanol–water partition coefficient (Wildman–Crippen LogP) is 2.04. The number of nitrogens with zero attached hydrogens (tertiary/aromatic N) is 2. The van der Waals surface area contributed by atoms with Crippen molar-refractivity contribution < 1.29 is 29.9 Å². The molecule has 0 bridgehead atoms. The lowest BCUT2D eigenvalue weighted by molar-refractivity contribution is -0.305. The van der Waals surface area contributed by atoms with Crippen LogP contribution in [0.15, 0.2) is 0 Å². The Morgan fingerprint density at radius 1 is 0.903 bits per heavy atom. The third-order valence-corrected chi connectivity index (χ3v) is 4.90. The monoisotopic (exact) mass is 448 g/mol. The van der Waals surface area contributed by atoms with Crippen LogP contribution in [0.25, 0.3) is 0 Å². The van der Waals surface area contributed by atoms with Crippen molar-refractivity contribution in [1.82, 2.24) is 20.9 Å². The van der Waals surface area contributed by atoms with Crippen LogP contribution < -0.4 is 10.6 Å². The molecule has 0 saturated carbocycles. The Balaban J connectivity index is 3.74. The van der Waals surface area contributed by atoms with E-state index < -0.39 is 0 Å². The summed E-state index contributed by atoms with van der Waals surface area (Å²) >= 11 is 0. The molecule has 0 aliphatic carbocycles. The van der Waals surface area contributed by atoms with Crippen molar-refractivity contribution in [2.24, 2.45) is 5.92 Å². The minimum Gasteiger partial charge on any atom is -0.379 e. The normalized spacial score (nSPS) is 12.4. The maximum Gasteiger partial charge on any atom is 0.220 e. The molecule has 0 saturated heterocycles. The molecule has 2 amide bonds. The molecule has 0 radical (unpaired) electrons. The van der Waals surface area contributed by atoms with Crippen LogP contribution >= 0.6 is 0 Å². The van der Waals surface area contributed by atoms with Gasteiger partial charge in [-0.15, -0.1) is 0 Å². The van der Waals surface area contributed by atoms with Gasteiger partial charge in [-0.05, 0) is 12.3 Å². The van der Waals surface area contributed by atoms with Crippen LogP contribution in [0.4, 0.5) is 0 Å². The molecule has 0 aromatic heterocycles. The summed E-state index contributed by atoms with van der Waals surface area (Å²) in [6.45, 7) is 5.25. The molecule has 0 rings (SSSR count). The second-order valence-electron chi connectivity index (χ2n) is 7.95. The van der Waals surface area contributed by atoms with Crippen molar-refractivity contribution in [3.63, 3.8) is 0 Å². The molecule has 184 valence electrons. The summed E-state index contributed by atoms with van der Waals surface area (Å²) in [5, 5.41) is 33.0. The molecular formula is C21H44N4O6. The topological polar surface area (TPSA) is 135 Å². The van der Waals surface area contributed by atoms with E-state index >= 15 is 0 Å². The highest BCUT2D eigenvalue weighted by molar-refractivity contribution is 5.83. The van der Waals surface area contributed by atoms with Crippen LogP contribution in [0.2, 0.25) is 0 Å². The summed E-state index contributed by atoms with van der Waals surface area (Å²) in [5.41, 5.74) is 0. The van der Waals surface area contributed by atoms with Gasteiger partial charge in [-0.1, -0.05) is 64.0 Å². The molecule has 5 N–H and O–H groups in total. The van der Waals surface area contributed by atoms with Gasteiger partial charge in [-0.3, -0.25) is 24.8 Å². The fourth-order valence-electron chi connectivity index (χ4n) is 2.96. The smallest absolute Gasteiger partial charge is 0.220 e. The van der Waals surface area contributed by atoms with Gasteiger partial charge < -0.3 is 15.7 Å². The fourth-order valence-corrected chi connectivity index (χ4v) is 2.96. The first-order chi connectivity index (χ1) is 14.9. The molecule has 0 aliphatic heterocycles. The number of amides is 2. The number of unbranched alkanes of at least 4 members (excludes halogenated alkanes) is 6. The standard InChI is InChI=1S/C21H44N4O6/c1-3-4-5-6-7-8-9-10-19(2)17-31-24(18-26)15-13-22-20(27)11-12-21(28)23-14-16-25(29)30/h19,26,29-30H,3-18H2,1-2H3,(H,22,27)(H,23,28). The Kier molecular flexibility index (Phi) is 19.7. The van der Waals surface area contributed by atoms with E-state index in [1.807, 2.05) is 0 Å². The summed E-state index contributed by atoms with van der Waals surface area (Å²) in [5.74, 6) is -0.208. The highest BCUT2D eigenvalue weighted by Crippen LogP contribution is 2.13. The highest BCUT2D eigenvalue weighted by atomic mass is 16.8. The van der Waals surface area contributed by atoms with E-state index in [0.717, 1.165) is 6.42 Å². The molecule has 0 aromatic carbocycles. The maximum atomic E-state index is 11.8. The molecule has 0 fully saturated rings. The molecule has 0 spiro atoms. The Hall–Kier alpha value is -1.30. The molecule has 0 aromatic rings. The third-order valence-electron chi connectivity index (χ3n) is 4.90. The van der Waals surface area contributed by atoms with E-state index in [0.29, 0.717) is 25.6 Å². The number of aliphatic hydroxyl groups is 1. The largest absolute Gasteiger partial charge is 0.379 e. The van der Waals surface area contributed by atoms with Crippen molar-refractivity contribution in [3.05, 3.63) is 0 Å². The molecule has 0 aliphatic rings. The fraction of sp³-hybridized carbons (Fsp3) is 0.905. The van der Waals surface area contributed by atoms with Gasteiger partial charge in [0.1, 0.15) is 6.73 Å². The molecule has 1 unspecified atom stereocenters. The van der Waals surface area contributed by atoms with Gasteiger partial charge in [0.15, 0.2) is 0 Å². The molecule has 1 atom stereocenters. The average molecular weight is 449 g/mol. The number of carbonyl (C=O) groups is 2. The number of rotatable bonds is 21. The summed E-state index contributed by atoms with van der Waals surface area (Å²) in [4.78, 5) is 28.9. The van der Waals surface area contributed by atoms with Crippen molar-refractivity contribution >= 4 is 11.8 Å². The maximum absolute atomic E-state index is 11.8. The van der Waals surface area contributed by atoms with Crippen LogP contribution in [0.3, 0.4) is 0 Å². The molecule has 31 heavy (non-hydrogen) atoms. The molecule has 10 nitrogen and oxygen atoms in total. The highest BCUT2D eigenvalue weighted by Gasteiger charge is 2.10. The van der Waals surface area contributed by atoms with Crippen molar-refractivity contribution in [2.45, 2.75) is 78.1 Å². The van der Waals surface area contributed by atoms with Gasteiger partial charge in [0, 0.05) is 32.5 Å². The lowest BCUT2D eigenvalue weighted by Gasteiger charge is -2.21. The number of hydrogen-bond acceptors (Lipinski definition) is 8. The van der Waals surface area contributed by atoms with Crippen LogP contribution in [0.1, 0.15) is 78.1 Å². The Bertz CT molecular complexity index is 454. The van der Waals surface area contributed by atoms with Crippen molar-refractivity contribution in [2.75, 3.05) is 39.5 Å². The minimum atomic E-state index is -0.340. The zero-order chi connectivity index (χ0) is 23.3. The Labute approximate surface area is 186 Å². The summed E-state index contributed by atoms with van der Waals surface area (Å²) < 4.78 is 0. The summed E-state index contributed by atoms with van der Waals surface area (Å²) in [6.07, 6.45) is 10.1. The first-order valence-electron chi connectivity index (χ1n) is 11.6. The zero-order valence-corrected chi connectivity index (χ0v) is 19.4. The van der Waals surface area contributed by atoms with Gasteiger partial charge in [0.05, 0.1) is 13.2 Å². The van der Waals surface area contributed by atoms with Crippen LogP contribution in [0.5, 0.6) is 0 Å². The minimum absolute atomic E-state index is 0.0129. The van der Waals surface area contributed by atoms with Crippen molar-refractivity contribution in [3.8, 4) is 0 Å². The molecule has 10 heteroatoms. The third kappa shape index (κ3) is 20.4. The van der Waals surface area contributed by atoms with Gasteiger partial charge in [0.2, 0.25) is 11.8 Å². The van der Waals surface area contributed by atoms with E-state index in [-0.39, 0.29) is 49.7 Å². The van der Waals surface area contributed by atoms with Crippen LogP contribution in [-0.4, -0.2) is 77.1 Å². The van der Waals surface area contributed by atoms with Gasteiger partial charge in [0.25, 0.3) is 0 Å². The van der Waals surface area contributed by atoms with E-state index in [1.54, 1.807) is 0 Å². The Morgan fingerprint density at radius 2 is 1.45 bits per heavy atom. The van der Waals surface area contributed by atoms with E-state index in [9.17, 15) is 14.7 Å². The summed E-state index contributed by atoms with van der Waals surface area (Å²) in [6, 6.07) is 0. The summed E-state index contributed by atoms with van der Waals surface area (Å²) in [7, 11) is 0. The van der Waals surface area contributed by atoms with Gasteiger partial charge >= 0.3 is 0 Å². The predicted molar refractivity (Wildman–Crippen MR) is 117 cm³/mol. The van der Waals surface area contributed by atoms with Crippen LogP contribution in [-0.2, 0) is 14.4 Å². The first-order valence-corrected chi connectivity index (χ1v) is 11.6. The lowest BCUT2D eigenvalue weighted by Crippen LogP contribution is -2.37. The van der Waals surface area contributed by atoms with Gasteiger partial charge in [-0.2, -0.15) is 5.06 Å². The number of hydrogen-bond donors (Lipinski definition) is 5.